The Kier molecular flexibility index (Phi) is 3.55. The van der Waals surface area contributed by atoms with Gasteiger partial charge in [-0.25, -0.2) is 0 Å². The third-order valence-electron chi connectivity index (χ3n) is 3.54. The Morgan fingerprint density at radius 1 is 0.636 bits per heavy atom. The summed E-state index contributed by atoms with van der Waals surface area (Å²) in [7, 11) is 0. The van der Waals surface area contributed by atoms with E-state index in [4.69, 9.17) is 17.9 Å². The van der Waals surface area contributed by atoms with Crippen molar-refractivity contribution in [2.75, 3.05) is 11.5 Å². The number of hydrogen-bond acceptors (Lipinski definition) is 2. The van der Waals surface area contributed by atoms with Gasteiger partial charge in [0.1, 0.15) is 0 Å². The van der Waals surface area contributed by atoms with Gasteiger partial charge in [-0.2, -0.15) is 0 Å². The molecule has 3 rings (SSSR count). The van der Waals surface area contributed by atoms with E-state index in [1.165, 1.54) is 0 Å². The maximum absolute atomic E-state index is 5.88. The van der Waals surface area contributed by atoms with E-state index in [2.05, 4.69) is 12.0 Å². The lowest BCUT2D eigenvalue weighted by atomic mass is 9.96. The third kappa shape index (κ3) is 2.79. The van der Waals surface area contributed by atoms with E-state index in [1.807, 2.05) is 60.7 Å². The largest absolute Gasteiger partial charge is 0.399 e. The molecule has 22 heavy (non-hydrogen) atoms. The number of nitrogens with two attached hydrogens (primary N) is 2. The second-order valence-electron chi connectivity index (χ2n) is 5.19. The van der Waals surface area contributed by atoms with Crippen LogP contribution in [0.1, 0.15) is 5.56 Å². The number of hydrogen-bond donors (Lipinski definition) is 2. The lowest BCUT2D eigenvalue weighted by Crippen LogP contribution is -1.89. The van der Waals surface area contributed by atoms with Crippen molar-refractivity contribution in [2.24, 2.45) is 0 Å². The molecule has 0 unspecified atom stereocenters. The molecule has 3 aromatic carbocycles. The molecule has 0 saturated carbocycles. The monoisotopic (exact) mass is 284 g/mol. The predicted octanol–water partition coefficient (Wildman–Crippen LogP) is 4.17. The van der Waals surface area contributed by atoms with Gasteiger partial charge in [0.2, 0.25) is 0 Å². The van der Waals surface area contributed by atoms with Gasteiger partial charge < -0.3 is 11.5 Å². The van der Waals surface area contributed by atoms with Crippen LogP contribution in [0.5, 0.6) is 0 Å². The molecule has 0 radical (unpaired) electrons. The Balaban J connectivity index is 2.17. The van der Waals surface area contributed by atoms with Crippen molar-refractivity contribution in [3.05, 3.63) is 72.3 Å². The molecule has 106 valence electrons. The summed E-state index contributed by atoms with van der Waals surface area (Å²) in [6.45, 7) is 0. The molecule has 3 aromatic rings. The fraction of sp³-hybridized carbons (Fsp3) is 0. The van der Waals surface area contributed by atoms with Crippen LogP contribution in [0, 0.1) is 12.3 Å². The van der Waals surface area contributed by atoms with Crippen molar-refractivity contribution in [3.8, 4) is 34.6 Å². The molecule has 0 spiro atoms. The number of nitrogen functional groups attached to an aromatic ring is 2. The highest BCUT2D eigenvalue weighted by molar-refractivity contribution is 5.77. The van der Waals surface area contributed by atoms with Crippen LogP contribution in [0.25, 0.3) is 22.3 Å². The number of benzene rings is 3. The number of terminal acetylenes is 1. The summed E-state index contributed by atoms with van der Waals surface area (Å²) in [5.74, 6) is 2.71. The average Bonchev–Trinajstić information content (AvgIpc) is 2.54. The molecule has 0 saturated heterocycles. The van der Waals surface area contributed by atoms with Gasteiger partial charge in [0.15, 0.2) is 0 Å². The minimum atomic E-state index is 0.731. The molecule has 0 bridgehead atoms. The average molecular weight is 284 g/mol. The van der Waals surface area contributed by atoms with Gasteiger partial charge in [0.05, 0.1) is 0 Å². The Morgan fingerprint density at radius 2 is 1.14 bits per heavy atom. The zero-order valence-corrected chi connectivity index (χ0v) is 12.1. The highest BCUT2D eigenvalue weighted by Crippen LogP contribution is 2.29. The van der Waals surface area contributed by atoms with Crippen molar-refractivity contribution in [1.29, 1.82) is 0 Å². The zero-order chi connectivity index (χ0) is 15.5. The van der Waals surface area contributed by atoms with Crippen LogP contribution in [-0.2, 0) is 0 Å². The minimum absolute atomic E-state index is 0.731. The molecule has 0 aliphatic rings. The molecule has 0 amide bonds. The molecule has 4 N–H and O–H groups in total. The van der Waals surface area contributed by atoms with Crippen molar-refractivity contribution in [1.82, 2.24) is 0 Å². The third-order valence-corrected chi connectivity index (χ3v) is 3.54. The first-order valence-corrected chi connectivity index (χ1v) is 6.99. The van der Waals surface area contributed by atoms with E-state index < -0.39 is 0 Å². The van der Waals surface area contributed by atoms with Gasteiger partial charge in [-0.1, -0.05) is 30.2 Å². The van der Waals surface area contributed by atoms with E-state index in [0.717, 1.165) is 39.2 Å². The molecule has 0 aromatic heterocycles. The summed E-state index contributed by atoms with van der Waals surface area (Å²) in [6, 6.07) is 21.6. The van der Waals surface area contributed by atoms with Crippen LogP contribution in [0.15, 0.2) is 66.7 Å². The maximum Gasteiger partial charge on any atom is 0.0320 e. The summed E-state index contributed by atoms with van der Waals surface area (Å²) in [5, 5.41) is 0. The smallest absolute Gasteiger partial charge is 0.0320 e. The van der Waals surface area contributed by atoms with Crippen LogP contribution in [-0.4, -0.2) is 0 Å². The highest BCUT2D eigenvalue weighted by Gasteiger charge is 2.05. The fourth-order valence-electron chi connectivity index (χ4n) is 2.48. The van der Waals surface area contributed by atoms with Crippen LogP contribution in [0.4, 0.5) is 11.4 Å². The van der Waals surface area contributed by atoms with Crippen molar-refractivity contribution >= 4 is 11.4 Å². The Morgan fingerprint density at radius 3 is 1.55 bits per heavy atom. The van der Waals surface area contributed by atoms with E-state index in [-0.39, 0.29) is 0 Å². The molecule has 2 heteroatoms. The number of rotatable bonds is 2. The first-order chi connectivity index (χ1) is 10.7. The molecular formula is C20H16N2. The van der Waals surface area contributed by atoms with E-state index >= 15 is 0 Å². The fourth-order valence-corrected chi connectivity index (χ4v) is 2.48. The molecular weight excluding hydrogens is 268 g/mol. The van der Waals surface area contributed by atoms with Gasteiger partial charge in [-0.3, -0.25) is 0 Å². The van der Waals surface area contributed by atoms with Crippen LogP contribution < -0.4 is 11.5 Å². The van der Waals surface area contributed by atoms with Gasteiger partial charge in [0, 0.05) is 16.9 Å². The van der Waals surface area contributed by atoms with Gasteiger partial charge in [0.25, 0.3) is 0 Å². The predicted molar refractivity (Wildman–Crippen MR) is 94.1 cm³/mol. The first kappa shape index (κ1) is 13.8. The standard InChI is InChI=1S/C20H16N2/c1-2-14-9-17(15-5-3-7-19(21)12-15)11-18(10-14)16-6-4-8-20(22)13-16/h1,3-13H,21-22H2. The second kappa shape index (κ2) is 5.67. The summed E-state index contributed by atoms with van der Waals surface area (Å²) in [6.07, 6.45) is 5.60. The highest BCUT2D eigenvalue weighted by atomic mass is 14.5. The molecule has 0 aliphatic heterocycles. The SMILES string of the molecule is C#Cc1cc(-c2cccc(N)c2)cc(-c2cccc(N)c2)c1. The van der Waals surface area contributed by atoms with E-state index in [0.29, 0.717) is 0 Å². The first-order valence-electron chi connectivity index (χ1n) is 6.99. The molecule has 2 nitrogen and oxygen atoms in total. The molecule has 0 aliphatic carbocycles. The second-order valence-corrected chi connectivity index (χ2v) is 5.19. The normalized spacial score (nSPS) is 10.1. The van der Waals surface area contributed by atoms with Crippen molar-refractivity contribution in [2.45, 2.75) is 0 Å². The van der Waals surface area contributed by atoms with Gasteiger partial charge in [-0.15, -0.1) is 6.42 Å². The molecule has 0 atom stereocenters. The topological polar surface area (TPSA) is 52.0 Å². The van der Waals surface area contributed by atoms with Crippen LogP contribution >= 0.6 is 0 Å². The molecule has 0 heterocycles. The summed E-state index contributed by atoms with van der Waals surface area (Å²) in [5.41, 5.74) is 18.2. The van der Waals surface area contributed by atoms with Crippen LogP contribution in [0.3, 0.4) is 0 Å². The Bertz CT molecular complexity index is 809. The minimum Gasteiger partial charge on any atom is -0.399 e. The van der Waals surface area contributed by atoms with Gasteiger partial charge in [-0.05, 0) is 64.7 Å². The molecule has 0 fully saturated rings. The zero-order valence-electron chi connectivity index (χ0n) is 12.1. The maximum atomic E-state index is 5.88. The summed E-state index contributed by atoms with van der Waals surface area (Å²) in [4.78, 5) is 0. The summed E-state index contributed by atoms with van der Waals surface area (Å²) >= 11 is 0. The Labute approximate surface area is 130 Å². The van der Waals surface area contributed by atoms with E-state index in [9.17, 15) is 0 Å². The van der Waals surface area contributed by atoms with Gasteiger partial charge >= 0.3 is 0 Å². The summed E-state index contributed by atoms with van der Waals surface area (Å²) < 4.78 is 0. The van der Waals surface area contributed by atoms with E-state index in [1.54, 1.807) is 0 Å². The van der Waals surface area contributed by atoms with Crippen LogP contribution in [0.2, 0.25) is 0 Å². The van der Waals surface area contributed by atoms with Crippen molar-refractivity contribution < 1.29 is 0 Å². The Hall–Kier alpha value is -3.18. The quantitative estimate of drug-likeness (QED) is 0.548. The lowest BCUT2D eigenvalue weighted by molar-refractivity contribution is 1.56. The van der Waals surface area contributed by atoms with Crippen molar-refractivity contribution in [3.63, 3.8) is 0 Å². The lowest BCUT2D eigenvalue weighted by Gasteiger charge is -2.09. The number of anilines is 2.